The van der Waals surface area contributed by atoms with Crippen LogP contribution in [0, 0.1) is 0 Å². The fourth-order valence-electron chi connectivity index (χ4n) is 1.000. The zero-order valence-corrected chi connectivity index (χ0v) is 11.0. The van der Waals surface area contributed by atoms with Gasteiger partial charge in [0, 0.05) is 0 Å². The first kappa shape index (κ1) is 16.9. The number of hydrogen-bond donors (Lipinski definition) is 0. The molecule has 0 atom stereocenters. The van der Waals surface area contributed by atoms with E-state index in [-0.39, 0.29) is 0 Å². The van der Waals surface area contributed by atoms with Gasteiger partial charge in [-0.3, -0.25) is 0 Å². The van der Waals surface area contributed by atoms with Crippen LogP contribution in [0.3, 0.4) is 0 Å². The van der Waals surface area contributed by atoms with E-state index in [1.165, 1.54) is 11.1 Å². The summed E-state index contributed by atoms with van der Waals surface area (Å²) in [6.45, 7) is 15.4. The lowest BCUT2D eigenvalue weighted by Gasteiger charge is -1.99. The second-order valence-electron chi connectivity index (χ2n) is 2.83. The molecule has 0 aliphatic heterocycles. The second kappa shape index (κ2) is 13.4. The lowest BCUT2D eigenvalue weighted by Crippen LogP contribution is -1.79. The Hall–Kier alpha value is -1.56. The van der Waals surface area contributed by atoms with Gasteiger partial charge in [-0.15, -0.1) is 0 Å². The van der Waals surface area contributed by atoms with Gasteiger partial charge in [-0.05, 0) is 25.0 Å². The fraction of sp³-hybridized carbons (Fsp3) is 0.250. The molecule has 0 aromatic carbocycles. The van der Waals surface area contributed by atoms with Gasteiger partial charge in [-0.2, -0.15) is 0 Å². The minimum atomic E-state index is 1.18. The highest BCUT2D eigenvalue weighted by Gasteiger charge is 1.91. The molecule has 0 radical (unpaired) electrons. The average molecular weight is 216 g/mol. The van der Waals surface area contributed by atoms with E-state index in [1.54, 1.807) is 12.2 Å². The van der Waals surface area contributed by atoms with Crippen molar-refractivity contribution in [2.24, 2.45) is 0 Å². The average Bonchev–Trinajstić information content (AvgIpc) is 2.31. The summed E-state index contributed by atoms with van der Waals surface area (Å²) in [4.78, 5) is 0. The molecule has 16 heavy (non-hydrogen) atoms. The Kier molecular flexibility index (Phi) is 14.2. The highest BCUT2D eigenvalue weighted by molar-refractivity contribution is 5.42. The van der Waals surface area contributed by atoms with Crippen molar-refractivity contribution in [2.75, 3.05) is 0 Å². The molecule has 0 unspecified atom stereocenters. The molecule has 0 aliphatic rings. The summed E-state index contributed by atoms with van der Waals surface area (Å²) in [5.41, 5.74) is 2.39. The monoisotopic (exact) mass is 216 g/mol. The molecule has 0 bridgehead atoms. The molecule has 0 spiro atoms. The van der Waals surface area contributed by atoms with Crippen LogP contribution in [-0.2, 0) is 0 Å². The zero-order valence-electron chi connectivity index (χ0n) is 11.0. The van der Waals surface area contributed by atoms with E-state index >= 15 is 0 Å². The van der Waals surface area contributed by atoms with Crippen LogP contribution in [0.15, 0.2) is 72.9 Å². The third-order valence-corrected chi connectivity index (χ3v) is 1.69. The first-order valence-corrected chi connectivity index (χ1v) is 5.68. The molecule has 0 amide bonds. The van der Waals surface area contributed by atoms with Gasteiger partial charge in [-0.25, -0.2) is 0 Å². The van der Waals surface area contributed by atoms with E-state index < -0.39 is 0 Å². The Bertz CT molecular complexity index is 296. The van der Waals surface area contributed by atoms with Crippen molar-refractivity contribution in [2.45, 2.75) is 27.7 Å². The fourth-order valence-corrected chi connectivity index (χ4v) is 1.000. The van der Waals surface area contributed by atoms with Crippen LogP contribution >= 0.6 is 0 Å². The molecule has 0 aromatic heterocycles. The summed E-state index contributed by atoms with van der Waals surface area (Å²) in [6.07, 6.45) is 15.6. The summed E-state index contributed by atoms with van der Waals surface area (Å²) in [5.74, 6) is 0. The Morgan fingerprint density at radius 1 is 0.938 bits per heavy atom. The summed E-state index contributed by atoms with van der Waals surface area (Å²) in [7, 11) is 0. The van der Waals surface area contributed by atoms with E-state index in [0.29, 0.717) is 0 Å². The van der Waals surface area contributed by atoms with Crippen LogP contribution in [0.4, 0.5) is 0 Å². The van der Waals surface area contributed by atoms with Crippen molar-refractivity contribution in [1.82, 2.24) is 0 Å². The van der Waals surface area contributed by atoms with Crippen molar-refractivity contribution >= 4 is 0 Å². The molecule has 0 saturated heterocycles. The van der Waals surface area contributed by atoms with Crippen molar-refractivity contribution in [3.63, 3.8) is 0 Å². The first-order valence-electron chi connectivity index (χ1n) is 5.68. The summed E-state index contributed by atoms with van der Waals surface area (Å²) in [6, 6.07) is 0. The van der Waals surface area contributed by atoms with Crippen molar-refractivity contribution < 1.29 is 0 Å². The normalized spacial score (nSPS) is 12.5. The third-order valence-electron chi connectivity index (χ3n) is 1.69. The molecular weight excluding hydrogens is 192 g/mol. The van der Waals surface area contributed by atoms with Crippen LogP contribution < -0.4 is 0 Å². The number of rotatable bonds is 5. The molecule has 0 rings (SSSR count). The van der Waals surface area contributed by atoms with Crippen LogP contribution in [0.2, 0.25) is 0 Å². The molecule has 0 saturated carbocycles. The Morgan fingerprint density at radius 2 is 1.56 bits per heavy atom. The van der Waals surface area contributed by atoms with Crippen LogP contribution in [0.5, 0.6) is 0 Å². The van der Waals surface area contributed by atoms with Gasteiger partial charge in [0.05, 0.1) is 0 Å². The van der Waals surface area contributed by atoms with Gasteiger partial charge in [0.15, 0.2) is 0 Å². The van der Waals surface area contributed by atoms with Gasteiger partial charge < -0.3 is 0 Å². The van der Waals surface area contributed by atoms with Gasteiger partial charge >= 0.3 is 0 Å². The van der Waals surface area contributed by atoms with Gasteiger partial charge in [0.25, 0.3) is 0 Å². The summed E-state index contributed by atoms with van der Waals surface area (Å²) >= 11 is 0. The van der Waals surface area contributed by atoms with Crippen molar-refractivity contribution in [3.8, 4) is 0 Å². The molecule has 0 heterocycles. The lowest BCUT2D eigenvalue weighted by molar-refractivity contribution is 1.42. The second-order valence-corrected chi connectivity index (χ2v) is 2.83. The maximum absolute atomic E-state index is 3.69. The zero-order chi connectivity index (χ0) is 12.8. The maximum Gasteiger partial charge on any atom is -0.0231 e. The van der Waals surface area contributed by atoms with Crippen LogP contribution in [0.1, 0.15) is 27.7 Å². The SMILES string of the molecule is C=C\C=C/C=C(C)/C(/C=C\C)=C/C=C.CC. The summed E-state index contributed by atoms with van der Waals surface area (Å²) in [5, 5.41) is 0. The van der Waals surface area contributed by atoms with Crippen LogP contribution in [-0.4, -0.2) is 0 Å². The molecule has 0 heteroatoms. The predicted molar refractivity (Wildman–Crippen MR) is 77.5 cm³/mol. The Labute approximate surface area is 101 Å². The van der Waals surface area contributed by atoms with E-state index in [4.69, 9.17) is 0 Å². The topological polar surface area (TPSA) is 0 Å². The molecule has 0 aromatic rings. The molecule has 0 nitrogen and oxygen atoms in total. The molecule has 0 aliphatic carbocycles. The Balaban J connectivity index is 0. The summed E-state index contributed by atoms with van der Waals surface area (Å²) < 4.78 is 0. The standard InChI is InChI=1S/C14H18.C2H6/c1-5-8-9-12-13(4)14(10-6-2)11-7-3;1-2/h5-12H,1-2H2,3-4H3;1-2H3/b9-8-,11-7-,13-12+,14-10+;. The number of hydrogen-bond acceptors (Lipinski definition) is 0. The third kappa shape index (κ3) is 9.01. The predicted octanol–water partition coefficient (Wildman–Crippen LogP) is 5.39. The highest BCUT2D eigenvalue weighted by Crippen LogP contribution is 2.11. The molecule has 0 fully saturated rings. The van der Waals surface area contributed by atoms with E-state index in [2.05, 4.69) is 32.2 Å². The quantitative estimate of drug-likeness (QED) is 0.540. The largest absolute Gasteiger partial charge is 0.0991 e. The van der Waals surface area contributed by atoms with E-state index in [1.807, 2.05) is 45.1 Å². The molecule has 88 valence electrons. The minimum Gasteiger partial charge on any atom is -0.0991 e. The minimum absolute atomic E-state index is 1.18. The highest BCUT2D eigenvalue weighted by atomic mass is 14.0. The molecule has 0 N–H and O–H groups in total. The van der Waals surface area contributed by atoms with Crippen LogP contribution in [0.25, 0.3) is 0 Å². The van der Waals surface area contributed by atoms with E-state index in [9.17, 15) is 0 Å². The van der Waals surface area contributed by atoms with Gasteiger partial charge in [0.2, 0.25) is 0 Å². The first-order chi connectivity index (χ1) is 7.76. The Morgan fingerprint density at radius 3 is 2.00 bits per heavy atom. The van der Waals surface area contributed by atoms with E-state index in [0.717, 1.165) is 0 Å². The van der Waals surface area contributed by atoms with Crippen molar-refractivity contribution in [3.05, 3.63) is 72.9 Å². The maximum atomic E-state index is 3.69. The van der Waals surface area contributed by atoms with Gasteiger partial charge in [0.1, 0.15) is 0 Å². The number of allylic oxidation sites excluding steroid dienone is 10. The van der Waals surface area contributed by atoms with Gasteiger partial charge in [-0.1, -0.05) is 75.6 Å². The van der Waals surface area contributed by atoms with Crippen molar-refractivity contribution in [1.29, 1.82) is 0 Å². The smallest absolute Gasteiger partial charge is 0.0231 e. The molecular formula is C16H24. The lowest BCUT2D eigenvalue weighted by atomic mass is 10.1.